The number of anilines is 1. The molecule has 0 bridgehead atoms. The third kappa shape index (κ3) is 5.03. The average molecular weight is 432 g/mol. The van der Waals surface area contributed by atoms with E-state index in [-0.39, 0.29) is 12.1 Å². The van der Waals surface area contributed by atoms with Crippen LogP contribution < -0.4 is 16.0 Å². The summed E-state index contributed by atoms with van der Waals surface area (Å²) in [6, 6.07) is 13.7. The Morgan fingerprint density at radius 1 is 1.10 bits per heavy atom. The van der Waals surface area contributed by atoms with Crippen molar-refractivity contribution in [1.29, 1.82) is 0 Å². The summed E-state index contributed by atoms with van der Waals surface area (Å²) in [5.41, 5.74) is 1.63. The van der Waals surface area contributed by atoms with E-state index in [1.54, 1.807) is 29.1 Å². The number of halogens is 2. The van der Waals surface area contributed by atoms with Gasteiger partial charge in [0.25, 0.3) is 0 Å². The Labute approximate surface area is 177 Å². The molecule has 3 N–H and O–H groups in total. The van der Waals surface area contributed by atoms with Crippen molar-refractivity contribution in [2.75, 3.05) is 18.4 Å². The van der Waals surface area contributed by atoms with Crippen molar-refractivity contribution < 1.29 is 4.79 Å². The van der Waals surface area contributed by atoms with Crippen LogP contribution >= 0.6 is 23.2 Å². The molecular weight excluding hydrogens is 413 g/mol. The maximum Gasteiger partial charge on any atom is 0.319 e. The zero-order chi connectivity index (χ0) is 20.2. The van der Waals surface area contributed by atoms with Gasteiger partial charge in [0, 0.05) is 35.2 Å². The fraction of sp³-hybridized carbons (Fsp3) is 0.263. The minimum Gasteiger partial charge on any atom is -0.327 e. The number of hydrogen-bond donors (Lipinski definition) is 3. The SMILES string of the molecule is O=C(Nc1ccc(Cl)cc1)N[C@@H](Cc1ccc(Cl)cc1)c1nnn(C2CNC2)n1. The molecule has 0 saturated carbocycles. The fourth-order valence-electron chi connectivity index (χ4n) is 2.89. The lowest BCUT2D eigenvalue weighted by Crippen LogP contribution is -2.44. The minimum absolute atomic E-state index is 0.190. The summed E-state index contributed by atoms with van der Waals surface area (Å²) in [4.78, 5) is 14.2. The smallest absolute Gasteiger partial charge is 0.319 e. The number of aromatic nitrogens is 4. The third-order valence-electron chi connectivity index (χ3n) is 4.60. The largest absolute Gasteiger partial charge is 0.327 e. The Hall–Kier alpha value is -2.68. The van der Waals surface area contributed by atoms with Gasteiger partial charge in [-0.25, -0.2) is 4.79 Å². The second kappa shape index (κ2) is 8.77. The van der Waals surface area contributed by atoms with Gasteiger partial charge >= 0.3 is 6.03 Å². The maximum atomic E-state index is 12.6. The van der Waals surface area contributed by atoms with Crippen LogP contribution in [0.15, 0.2) is 48.5 Å². The maximum absolute atomic E-state index is 12.6. The Morgan fingerprint density at radius 3 is 2.38 bits per heavy atom. The van der Waals surface area contributed by atoms with Crippen LogP contribution in [0.5, 0.6) is 0 Å². The molecule has 0 radical (unpaired) electrons. The van der Waals surface area contributed by atoms with E-state index in [1.807, 2.05) is 24.3 Å². The van der Waals surface area contributed by atoms with Gasteiger partial charge in [-0.3, -0.25) is 0 Å². The highest BCUT2D eigenvalue weighted by Crippen LogP contribution is 2.19. The molecule has 150 valence electrons. The molecule has 3 aromatic rings. The van der Waals surface area contributed by atoms with Gasteiger partial charge < -0.3 is 16.0 Å². The number of tetrazole rings is 1. The van der Waals surface area contributed by atoms with Gasteiger partial charge in [0.15, 0.2) is 5.82 Å². The molecular formula is C19H19Cl2N7O. The summed E-state index contributed by atoms with van der Waals surface area (Å²) in [7, 11) is 0. The van der Waals surface area contributed by atoms with Gasteiger partial charge in [-0.15, -0.1) is 10.2 Å². The number of carbonyl (C=O) groups is 1. The molecule has 0 unspecified atom stereocenters. The van der Waals surface area contributed by atoms with Crippen molar-refractivity contribution >= 4 is 34.9 Å². The van der Waals surface area contributed by atoms with Crippen LogP contribution in [0.4, 0.5) is 10.5 Å². The molecule has 0 aliphatic carbocycles. The summed E-state index contributed by atoms with van der Waals surface area (Å²) in [6.07, 6.45) is 0.500. The molecule has 8 nitrogen and oxygen atoms in total. The van der Waals surface area contributed by atoms with Crippen molar-refractivity contribution in [1.82, 2.24) is 30.8 Å². The van der Waals surface area contributed by atoms with E-state index < -0.39 is 6.04 Å². The summed E-state index contributed by atoms with van der Waals surface area (Å²) >= 11 is 11.9. The molecule has 2 heterocycles. The third-order valence-corrected chi connectivity index (χ3v) is 5.11. The van der Waals surface area contributed by atoms with Crippen molar-refractivity contribution in [2.45, 2.75) is 18.5 Å². The molecule has 1 aliphatic rings. The molecule has 4 rings (SSSR count). The van der Waals surface area contributed by atoms with Gasteiger partial charge in [-0.2, -0.15) is 4.80 Å². The molecule has 2 aromatic carbocycles. The number of hydrogen-bond acceptors (Lipinski definition) is 5. The van der Waals surface area contributed by atoms with Crippen molar-refractivity contribution in [3.63, 3.8) is 0 Å². The second-order valence-electron chi connectivity index (χ2n) is 6.77. The molecule has 29 heavy (non-hydrogen) atoms. The Kier molecular flexibility index (Phi) is 5.94. The van der Waals surface area contributed by atoms with Crippen molar-refractivity contribution in [3.8, 4) is 0 Å². The summed E-state index contributed by atoms with van der Waals surface area (Å²) < 4.78 is 0. The molecule has 0 spiro atoms. The van der Waals surface area contributed by atoms with Crippen LogP contribution in [0.2, 0.25) is 10.0 Å². The number of amides is 2. The molecule has 10 heteroatoms. The van der Waals surface area contributed by atoms with Crippen LogP contribution in [0.1, 0.15) is 23.5 Å². The van der Waals surface area contributed by atoms with Crippen molar-refractivity contribution in [2.24, 2.45) is 0 Å². The number of carbonyl (C=O) groups excluding carboxylic acids is 1. The minimum atomic E-state index is -0.453. The molecule has 1 saturated heterocycles. The zero-order valence-electron chi connectivity index (χ0n) is 15.3. The van der Waals surface area contributed by atoms with Gasteiger partial charge in [0.1, 0.15) is 0 Å². The Bertz CT molecular complexity index is 971. The molecule has 1 aliphatic heterocycles. The van der Waals surface area contributed by atoms with Crippen LogP contribution in [0.25, 0.3) is 0 Å². The van der Waals surface area contributed by atoms with E-state index in [0.717, 1.165) is 18.7 Å². The van der Waals surface area contributed by atoms with Crippen LogP contribution in [-0.2, 0) is 6.42 Å². The first-order valence-electron chi connectivity index (χ1n) is 9.14. The van der Waals surface area contributed by atoms with Crippen LogP contribution in [0, 0.1) is 0 Å². The van der Waals surface area contributed by atoms with E-state index in [0.29, 0.717) is 28.0 Å². The highest BCUT2D eigenvalue weighted by molar-refractivity contribution is 6.30. The van der Waals surface area contributed by atoms with E-state index in [1.165, 1.54) is 0 Å². The molecule has 1 aromatic heterocycles. The summed E-state index contributed by atoms with van der Waals surface area (Å²) in [5, 5.41) is 23.0. The Balaban J connectivity index is 1.50. The van der Waals surface area contributed by atoms with E-state index in [2.05, 4.69) is 31.4 Å². The van der Waals surface area contributed by atoms with E-state index in [9.17, 15) is 4.79 Å². The number of benzene rings is 2. The normalized spacial score (nSPS) is 14.8. The van der Waals surface area contributed by atoms with Gasteiger partial charge in [0.2, 0.25) is 0 Å². The molecule has 2 amide bonds. The van der Waals surface area contributed by atoms with Gasteiger partial charge in [-0.1, -0.05) is 35.3 Å². The van der Waals surface area contributed by atoms with Crippen LogP contribution in [0.3, 0.4) is 0 Å². The van der Waals surface area contributed by atoms with E-state index in [4.69, 9.17) is 23.2 Å². The predicted octanol–water partition coefficient (Wildman–Crippen LogP) is 3.23. The number of nitrogens with zero attached hydrogens (tertiary/aromatic N) is 4. The fourth-order valence-corrected chi connectivity index (χ4v) is 3.14. The van der Waals surface area contributed by atoms with Gasteiger partial charge in [0.05, 0.1) is 12.1 Å². The number of nitrogens with one attached hydrogen (secondary N) is 3. The van der Waals surface area contributed by atoms with Gasteiger partial charge in [-0.05, 0) is 47.2 Å². The zero-order valence-corrected chi connectivity index (χ0v) is 16.9. The van der Waals surface area contributed by atoms with E-state index >= 15 is 0 Å². The number of rotatable bonds is 6. The first kappa shape index (κ1) is 19.6. The lowest BCUT2D eigenvalue weighted by Gasteiger charge is -2.25. The monoisotopic (exact) mass is 431 g/mol. The summed E-state index contributed by atoms with van der Waals surface area (Å²) in [6.45, 7) is 1.62. The molecule has 1 fully saturated rings. The molecule has 1 atom stereocenters. The average Bonchev–Trinajstić information content (AvgIpc) is 3.13. The number of urea groups is 1. The lowest BCUT2D eigenvalue weighted by molar-refractivity contribution is 0.247. The highest BCUT2D eigenvalue weighted by Gasteiger charge is 2.25. The Morgan fingerprint density at radius 2 is 1.76 bits per heavy atom. The lowest BCUT2D eigenvalue weighted by atomic mass is 10.1. The predicted molar refractivity (Wildman–Crippen MR) is 111 cm³/mol. The standard InChI is InChI=1S/C19H19Cl2N7O/c20-13-3-1-12(2-4-13)9-17(18-25-27-28(26-18)16-10-22-11-16)24-19(29)23-15-7-5-14(21)6-8-15/h1-8,16-17,22H,9-11H2,(H2,23,24,29)/t17-/m0/s1. The summed E-state index contributed by atoms with van der Waals surface area (Å²) in [5.74, 6) is 0.457. The first-order valence-corrected chi connectivity index (χ1v) is 9.90. The van der Waals surface area contributed by atoms with Crippen LogP contribution in [-0.4, -0.2) is 39.3 Å². The highest BCUT2D eigenvalue weighted by atomic mass is 35.5. The topological polar surface area (TPSA) is 96.8 Å². The van der Waals surface area contributed by atoms with Crippen molar-refractivity contribution in [3.05, 3.63) is 70.0 Å². The first-order chi connectivity index (χ1) is 14.1. The second-order valence-corrected chi connectivity index (χ2v) is 7.64. The quantitative estimate of drug-likeness (QED) is 0.556.